The number of hydrogen-bond acceptors (Lipinski definition) is 4. The molecule has 5 heteroatoms. The fraction of sp³-hybridized carbons (Fsp3) is 0.250. The Kier molecular flexibility index (Phi) is 3.02. The molecule has 2 N–H and O–H groups in total. The number of furan rings is 1. The zero-order valence-corrected chi connectivity index (χ0v) is 7.89. The van der Waals surface area contributed by atoms with Gasteiger partial charge in [-0.2, -0.15) is 0 Å². The van der Waals surface area contributed by atoms with Gasteiger partial charge >= 0.3 is 5.97 Å². The normalized spacial score (nSPS) is 9.62. The number of methoxy groups -OCH3 is 1. The molecule has 1 aromatic heterocycles. The molecular formula is C8H9NO3S. The van der Waals surface area contributed by atoms with Gasteiger partial charge in [0.25, 0.3) is 0 Å². The first-order valence-electron chi connectivity index (χ1n) is 3.59. The number of esters is 1. The molecule has 0 amide bonds. The minimum Gasteiger partial charge on any atom is -0.463 e. The molecule has 1 heterocycles. The molecule has 1 aromatic rings. The van der Waals surface area contributed by atoms with E-state index in [9.17, 15) is 4.79 Å². The summed E-state index contributed by atoms with van der Waals surface area (Å²) in [6.07, 6.45) is 0.353. The lowest BCUT2D eigenvalue weighted by atomic mass is 10.3. The molecular weight excluding hydrogens is 190 g/mol. The molecule has 0 unspecified atom stereocenters. The van der Waals surface area contributed by atoms with Crippen LogP contribution in [-0.4, -0.2) is 18.1 Å². The highest BCUT2D eigenvalue weighted by Crippen LogP contribution is 2.09. The van der Waals surface area contributed by atoms with Crippen LogP contribution < -0.4 is 5.73 Å². The van der Waals surface area contributed by atoms with Crippen LogP contribution in [0.5, 0.6) is 0 Å². The van der Waals surface area contributed by atoms with E-state index in [1.807, 2.05) is 0 Å². The minimum absolute atomic E-state index is 0.161. The van der Waals surface area contributed by atoms with Gasteiger partial charge in [0.05, 0.1) is 18.5 Å². The Morgan fingerprint density at radius 2 is 2.38 bits per heavy atom. The maximum absolute atomic E-state index is 10.9. The fourth-order valence-electron chi connectivity index (χ4n) is 0.855. The monoisotopic (exact) mass is 199 g/mol. The van der Waals surface area contributed by atoms with Gasteiger partial charge in [-0.1, -0.05) is 12.2 Å². The number of nitrogens with two attached hydrogens (primary N) is 1. The Balaban J connectivity index is 2.74. The van der Waals surface area contributed by atoms with E-state index in [0.717, 1.165) is 0 Å². The molecule has 0 bridgehead atoms. The van der Waals surface area contributed by atoms with Gasteiger partial charge in [0, 0.05) is 0 Å². The molecule has 0 aliphatic rings. The first-order valence-corrected chi connectivity index (χ1v) is 3.99. The number of rotatable bonds is 3. The van der Waals surface area contributed by atoms with E-state index in [1.165, 1.54) is 13.2 Å². The lowest BCUT2D eigenvalue weighted by Gasteiger charge is -1.94. The van der Waals surface area contributed by atoms with Crippen molar-refractivity contribution >= 4 is 23.2 Å². The van der Waals surface area contributed by atoms with Crippen molar-refractivity contribution in [2.75, 3.05) is 7.11 Å². The van der Waals surface area contributed by atoms with Crippen molar-refractivity contribution in [2.24, 2.45) is 5.73 Å². The molecule has 0 fully saturated rings. The van der Waals surface area contributed by atoms with Gasteiger partial charge < -0.3 is 14.9 Å². The molecule has 0 radical (unpaired) electrons. The molecule has 0 atom stereocenters. The van der Waals surface area contributed by atoms with Gasteiger partial charge in [-0.25, -0.2) is 4.79 Å². The highest BCUT2D eigenvalue weighted by atomic mass is 32.1. The summed E-state index contributed by atoms with van der Waals surface area (Å²) < 4.78 is 9.56. The van der Waals surface area contributed by atoms with E-state index in [-0.39, 0.29) is 5.76 Å². The van der Waals surface area contributed by atoms with E-state index in [0.29, 0.717) is 17.2 Å². The van der Waals surface area contributed by atoms with Crippen molar-refractivity contribution < 1.29 is 13.9 Å². The molecule has 1 rings (SSSR count). The van der Waals surface area contributed by atoms with Crippen molar-refractivity contribution in [3.8, 4) is 0 Å². The number of ether oxygens (including phenoxy) is 1. The molecule has 0 saturated heterocycles. The summed E-state index contributed by atoms with van der Waals surface area (Å²) in [5.74, 6) is 0.218. The lowest BCUT2D eigenvalue weighted by Crippen LogP contribution is -2.10. The number of thiocarbonyl (C=S) groups is 1. The maximum atomic E-state index is 10.9. The number of carbonyl (C=O) groups is 1. The highest BCUT2D eigenvalue weighted by molar-refractivity contribution is 7.80. The fourth-order valence-corrected chi connectivity index (χ4v) is 0.997. The molecule has 13 heavy (non-hydrogen) atoms. The van der Waals surface area contributed by atoms with E-state index < -0.39 is 5.97 Å². The lowest BCUT2D eigenvalue weighted by molar-refractivity contribution is 0.0563. The van der Waals surface area contributed by atoms with Gasteiger partial charge in [0.1, 0.15) is 5.76 Å². The zero-order chi connectivity index (χ0) is 9.84. The predicted molar refractivity (Wildman–Crippen MR) is 50.5 cm³/mol. The van der Waals surface area contributed by atoms with Crippen LogP contribution in [0.2, 0.25) is 0 Å². The zero-order valence-electron chi connectivity index (χ0n) is 7.07. The second kappa shape index (κ2) is 4.04. The maximum Gasteiger partial charge on any atom is 0.373 e. The van der Waals surface area contributed by atoms with Crippen molar-refractivity contribution in [2.45, 2.75) is 6.42 Å². The SMILES string of the molecule is COC(=O)c1ccc(CC(N)=S)o1. The Labute approximate surface area is 80.7 Å². The molecule has 0 aliphatic carbocycles. The van der Waals surface area contributed by atoms with Crippen molar-refractivity contribution in [1.29, 1.82) is 0 Å². The second-order valence-corrected chi connectivity index (χ2v) is 2.93. The number of hydrogen-bond donors (Lipinski definition) is 1. The molecule has 70 valence electrons. The summed E-state index contributed by atoms with van der Waals surface area (Å²) in [6, 6.07) is 3.17. The van der Waals surface area contributed by atoms with Crippen molar-refractivity contribution in [3.05, 3.63) is 23.7 Å². The van der Waals surface area contributed by atoms with Gasteiger partial charge in [-0.15, -0.1) is 0 Å². The van der Waals surface area contributed by atoms with Crippen LogP contribution in [0.1, 0.15) is 16.3 Å². The largest absolute Gasteiger partial charge is 0.463 e. The van der Waals surface area contributed by atoms with Crippen LogP contribution in [0.15, 0.2) is 16.5 Å². The quantitative estimate of drug-likeness (QED) is 0.578. The van der Waals surface area contributed by atoms with Gasteiger partial charge in [0.15, 0.2) is 0 Å². The molecule has 0 aromatic carbocycles. The van der Waals surface area contributed by atoms with Crippen LogP contribution >= 0.6 is 12.2 Å². The highest BCUT2D eigenvalue weighted by Gasteiger charge is 2.10. The topological polar surface area (TPSA) is 65.5 Å². The molecule has 0 saturated carbocycles. The third kappa shape index (κ3) is 2.55. The third-order valence-electron chi connectivity index (χ3n) is 1.40. The average Bonchev–Trinajstić information content (AvgIpc) is 2.50. The Bertz CT molecular complexity index is 332. The van der Waals surface area contributed by atoms with E-state index in [4.69, 9.17) is 10.2 Å². The molecule has 0 aliphatic heterocycles. The minimum atomic E-state index is -0.505. The van der Waals surface area contributed by atoms with E-state index in [1.54, 1.807) is 6.07 Å². The molecule has 4 nitrogen and oxygen atoms in total. The first kappa shape index (κ1) is 9.73. The Hall–Kier alpha value is -1.36. The predicted octanol–water partition coefficient (Wildman–Crippen LogP) is 0.895. The standard InChI is InChI=1S/C8H9NO3S/c1-11-8(10)6-3-2-5(12-6)4-7(9)13/h2-3H,4H2,1H3,(H2,9,13). The first-order chi connectivity index (χ1) is 6.13. The summed E-state index contributed by atoms with van der Waals surface area (Å²) >= 11 is 4.68. The summed E-state index contributed by atoms with van der Waals surface area (Å²) in [4.78, 5) is 11.3. The average molecular weight is 199 g/mol. The summed E-state index contributed by atoms with van der Waals surface area (Å²) in [5, 5.41) is 0. The van der Waals surface area contributed by atoms with E-state index in [2.05, 4.69) is 17.0 Å². The Morgan fingerprint density at radius 3 is 2.92 bits per heavy atom. The van der Waals surface area contributed by atoms with Crippen LogP contribution in [0.25, 0.3) is 0 Å². The number of carbonyl (C=O) groups excluding carboxylic acids is 1. The third-order valence-corrected chi connectivity index (χ3v) is 1.54. The summed E-state index contributed by atoms with van der Waals surface area (Å²) in [6.45, 7) is 0. The van der Waals surface area contributed by atoms with E-state index >= 15 is 0 Å². The van der Waals surface area contributed by atoms with Crippen molar-refractivity contribution in [3.63, 3.8) is 0 Å². The second-order valence-electron chi connectivity index (χ2n) is 2.40. The van der Waals surface area contributed by atoms with Crippen molar-refractivity contribution in [1.82, 2.24) is 0 Å². The smallest absolute Gasteiger partial charge is 0.373 e. The van der Waals surface area contributed by atoms with Gasteiger partial charge in [-0.05, 0) is 12.1 Å². The van der Waals surface area contributed by atoms with Gasteiger partial charge in [0.2, 0.25) is 5.76 Å². The van der Waals surface area contributed by atoms with Crippen LogP contribution in [0.3, 0.4) is 0 Å². The Morgan fingerprint density at radius 1 is 1.69 bits per heavy atom. The summed E-state index contributed by atoms with van der Waals surface area (Å²) in [5.41, 5.74) is 5.30. The van der Waals surface area contributed by atoms with Crippen LogP contribution in [0.4, 0.5) is 0 Å². The van der Waals surface area contributed by atoms with Gasteiger partial charge in [-0.3, -0.25) is 0 Å². The summed E-state index contributed by atoms with van der Waals surface area (Å²) in [7, 11) is 1.29. The molecule has 0 spiro atoms. The van der Waals surface area contributed by atoms with Crippen LogP contribution in [-0.2, 0) is 11.2 Å². The van der Waals surface area contributed by atoms with Crippen LogP contribution in [0, 0.1) is 0 Å².